The molecule has 0 radical (unpaired) electrons. The molecule has 10 heteroatoms. The standard InChI is InChI=1S/C22H23FN4O3S.ClH/c1-3-25(4-2)13-14-26(22-24-19-11-8-17(23)15-20(19)31-22)21(28)12-7-16-5-9-18(10-6-16)27(29)30;/h5-12,15H,3-4,13-14H2,1-2H3;1H. The Morgan fingerprint density at radius 1 is 1.16 bits per heavy atom. The lowest BCUT2D eigenvalue weighted by atomic mass is 10.2. The number of nitro benzene ring substituents is 1. The highest BCUT2D eigenvalue weighted by molar-refractivity contribution is 7.22. The predicted molar refractivity (Wildman–Crippen MR) is 129 cm³/mol. The zero-order valence-electron chi connectivity index (χ0n) is 17.7. The van der Waals surface area contributed by atoms with Gasteiger partial charge in [0.05, 0.1) is 15.1 Å². The van der Waals surface area contributed by atoms with Crippen LogP contribution in [0.5, 0.6) is 0 Å². The van der Waals surface area contributed by atoms with Crippen LogP contribution in [0.4, 0.5) is 15.2 Å². The van der Waals surface area contributed by atoms with Crippen LogP contribution in [0.1, 0.15) is 19.4 Å². The summed E-state index contributed by atoms with van der Waals surface area (Å²) in [7, 11) is 0. The van der Waals surface area contributed by atoms with Gasteiger partial charge >= 0.3 is 0 Å². The van der Waals surface area contributed by atoms with E-state index in [1.165, 1.54) is 41.7 Å². The normalized spacial score (nSPS) is 11.1. The summed E-state index contributed by atoms with van der Waals surface area (Å²) in [5.41, 5.74) is 1.31. The number of aromatic nitrogens is 1. The van der Waals surface area contributed by atoms with Crippen LogP contribution in [0.2, 0.25) is 0 Å². The third-order valence-corrected chi connectivity index (χ3v) is 5.93. The van der Waals surface area contributed by atoms with E-state index < -0.39 is 4.92 Å². The van der Waals surface area contributed by atoms with Crippen LogP contribution in [-0.4, -0.2) is 46.9 Å². The molecule has 0 saturated carbocycles. The summed E-state index contributed by atoms with van der Waals surface area (Å²) in [4.78, 5) is 31.7. The summed E-state index contributed by atoms with van der Waals surface area (Å²) in [6, 6.07) is 10.3. The Bertz CT molecular complexity index is 1100. The number of carbonyl (C=O) groups excluding carboxylic acids is 1. The number of halogens is 2. The number of anilines is 1. The number of amides is 1. The van der Waals surface area contributed by atoms with Gasteiger partial charge in [-0.2, -0.15) is 0 Å². The van der Waals surface area contributed by atoms with Crippen LogP contribution >= 0.6 is 23.7 Å². The van der Waals surface area contributed by atoms with Gasteiger partial charge in [-0.25, -0.2) is 9.37 Å². The minimum absolute atomic E-state index is 0. The second-order valence-electron chi connectivity index (χ2n) is 6.81. The van der Waals surface area contributed by atoms with E-state index in [-0.39, 0.29) is 29.8 Å². The molecule has 1 aromatic heterocycles. The molecular formula is C22H24ClFN4O3S. The topological polar surface area (TPSA) is 79.6 Å². The Morgan fingerprint density at radius 2 is 1.84 bits per heavy atom. The average molecular weight is 479 g/mol. The molecule has 1 heterocycles. The van der Waals surface area contributed by atoms with E-state index in [1.807, 2.05) is 0 Å². The first kappa shape index (κ1) is 25.4. The molecule has 0 fully saturated rings. The summed E-state index contributed by atoms with van der Waals surface area (Å²) < 4.78 is 14.3. The van der Waals surface area contributed by atoms with Crippen molar-refractivity contribution in [1.29, 1.82) is 0 Å². The van der Waals surface area contributed by atoms with Crippen LogP contribution < -0.4 is 4.90 Å². The fourth-order valence-corrected chi connectivity index (χ4v) is 4.07. The van der Waals surface area contributed by atoms with Gasteiger partial charge in [0, 0.05) is 31.3 Å². The predicted octanol–water partition coefficient (Wildman–Crippen LogP) is 5.15. The Labute approximate surface area is 195 Å². The van der Waals surface area contributed by atoms with Crippen molar-refractivity contribution >= 4 is 56.8 Å². The molecule has 3 aromatic rings. The van der Waals surface area contributed by atoms with Crippen LogP contribution in [0.15, 0.2) is 48.5 Å². The van der Waals surface area contributed by atoms with Gasteiger partial charge in [0.2, 0.25) is 0 Å². The molecule has 0 aliphatic rings. The average Bonchev–Trinajstić information content (AvgIpc) is 3.18. The van der Waals surface area contributed by atoms with E-state index in [0.29, 0.717) is 34.0 Å². The number of non-ortho nitro benzene ring substituents is 1. The quantitative estimate of drug-likeness (QED) is 0.241. The summed E-state index contributed by atoms with van der Waals surface area (Å²) in [5, 5.41) is 11.3. The largest absolute Gasteiger partial charge is 0.302 e. The molecule has 0 aliphatic carbocycles. The Hall–Kier alpha value is -2.88. The maximum atomic E-state index is 13.6. The van der Waals surface area contributed by atoms with Crippen molar-refractivity contribution < 1.29 is 14.1 Å². The van der Waals surface area contributed by atoms with Crippen molar-refractivity contribution in [3.8, 4) is 0 Å². The lowest BCUT2D eigenvalue weighted by molar-refractivity contribution is -0.384. The van der Waals surface area contributed by atoms with Crippen LogP contribution in [0.3, 0.4) is 0 Å². The number of hydrogen-bond acceptors (Lipinski definition) is 6. The Kier molecular flexibility index (Phi) is 9.25. The van der Waals surface area contributed by atoms with Crippen molar-refractivity contribution in [2.75, 3.05) is 31.1 Å². The summed E-state index contributed by atoms with van der Waals surface area (Å²) in [6.07, 6.45) is 3.04. The zero-order chi connectivity index (χ0) is 22.4. The van der Waals surface area contributed by atoms with Crippen molar-refractivity contribution in [1.82, 2.24) is 9.88 Å². The van der Waals surface area contributed by atoms with Crippen molar-refractivity contribution in [2.24, 2.45) is 0 Å². The number of thiazole rings is 1. The number of rotatable bonds is 9. The molecule has 2 aromatic carbocycles. The highest BCUT2D eigenvalue weighted by atomic mass is 35.5. The molecule has 170 valence electrons. The van der Waals surface area contributed by atoms with Crippen LogP contribution in [-0.2, 0) is 4.79 Å². The fraction of sp³-hybridized carbons (Fsp3) is 0.273. The second-order valence-corrected chi connectivity index (χ2v) is 7.82. The maximum absolute atomic E-state index is 13.6. The van der Waals surface area contributed by atoms with Gasteiger partial charge in [0.1, 0.15) is 5.82 Å². The van der Waals surface area contributed by atoms with E-state index in [2.05, 4.69) is 23.7 Å². The molecule has 0 atom stereocenters. The first-order chi connectivity index (χ1) is 14.9. The van der Waals surface area contributed by atoms with E-state index in [1.54, 1.807) is 29.2 Å². The van der Waals surface area contributed by atoms with Gasteiger partial charge in [-0.05, 0) is 55.1 Å². The van der Waals surface area contributed by atoms with Gasteiger partial charge in [-0.3, -0.25) is 19.8 Å². The number of benzene rings is 2. The summed E-state index contributed by atoms with van der Waals surface area (Å²) in [6.45, 7) is 6.96. The number of nitro groups is 1. The first-order valence-electron chi connectivity index (χ1n) is 9.93. The number of likely N-dealkylation sites (N-methyl/N-ethyl adjacent to an activating group) is 1. The monoisotopic (exact) mass is 478 g/mol. The minimum atomic E-state index is -0.469. The van der Waals surface area contributed by atoms with Gasteiger partial charge in [-0.15, -0.1) is 12.4 Å². The third-order valence-electron chi connectivity index (χ3n) is 4.89. The summed E-state index contributed by atoms with van der Waals surface area (Å²) >= 11 is 1.27. The first-order valence-corrected chi connectivity index (χ1v) is 10.8. The van der Waals surface area contributed by atoms with E-state index in [0.717, 1.165) is 13.1 Å². The third kappa shape index (κ3) is 6.32. The lowest BCUT2D eigenvalue weighted by Crippen LogP contribution is -2.38. The molecule has 3 rings (SSSR count). The molecular weight excluding hydrogens is 455 g/mol. The summed E-state index contributed by atoms with van der Waals surface area (Å²) in [5.74, 6) is -0.605. The molecule has 32 heavy (non-hydrogen) atoms. The number of nitrogens with zero attached hydrogens (tertiary/aromatic N) is 4. The second kappa shape index (κ2) is 11.7. The molecule has 0 saturated heterocycles. The van der Waals surface area contributed by atoms with Crippen LogP contribution in [0.25, 0.3) is 16.3 Å². The molecule has 0 N–H and O–H groups in total. The van der Waals surface area contributed by atoms with E-state index >= 15 is 0 Å². The van der Waals surface area contributed by atoms with E-state index in [9.17, 15) is 19.3 Å². The molecule has 0 unspecified atom stereocenters. The Balaban J connectivity index is 0.00000363. The number of hydrogen-bond donors (Lipinski definition) is 0. The van der Waals surface area contributed by atoms with Crippen molar-refractivity contribution in [3.63, 3.8) is 0 Å². The molecule has 0 aliphatic heterocycles. The van der Waals surface area contributed by atoms with Gasteiger partial charge in [0.15, 0.2) is 5.13 Å². The maximum Gasteiger partial charge on any atom is 0.269 e. The van der Waals surface area contributed by atoms with Gasteiger partial charge < -0.3 is 4.90 Å². The zero-order valence-corrected chi connectivity index (χ0v) is 19.4. The molecule has 0 spiro atoms. The Morgan fingerprint density at radius 3 is 2.47 bits per heavy atom. The SMILES string of the molecule is CCN(CC)CCN(C(=O)C=Cc1ccc([N+](=O)[O-])cc1)c1nc2ccc(F)cc2s1.Cl. The fourth-order valence-electron chi connectivity index (χ4n) is 3.05. The van der Waals surface area contributed by atoms with E-state index in [4.69, 9.17) is 0 Å². The number of fused-ring (bicyclic) bond motifs is 1. The van der Waals surface area contributed by atoms with Gasteiger partial charge in [-0.1, -0.05) is 25.2 Å². The minimum Gasteiger partial charge on any atom is -0.302 e. The van der Waals surface area contributed by atoms with Crippen molar-refractivity contribution in [3.05, 3.63) is 70.0 Å². The lowest BCUT2D eigenvalue weighted by Gasteiger charge is -2.23. The van der Waals surface area contributed by atoms with Gasteiger partial charge in [0.25, 0.3) is 11.6 Å². The smallest absolute Gasteiger partial charge is 0.269 e. The van der Waals surface area contributed by atoms with Crippen LogP contribution in [0, 0.1) is 15.9 Å². The highest BCUT2D eigenvalue weighted by Crippen LogP contribution is 2.29. The van der Waals surface area contributed by atoms with Crippen molar-refractivity contribution in [2.45, 2.75) is 13.8 Å². The molecule has 1 amide bonds. The molecule has 7 nitrogen and oxygen atoms in total. The highest BCUT2D eigenvalue weighted by Gasteiger charge is 2.19. The molecule has 0 bridgehead atoms. The number of carbonyl (C=O) groups is 1.